The standard InChI is InChI=1S/C19H28N2O/c1-14(2)16-5-7-17(8-6-16)19(9-3-4-10-19)18(22)21-13-15-11-20-12-15/h5-8,14-15,20H,3-4,9-13H2,1-2H3,(H,21,22). The summed E-state index contributed by atoms with van der Waals surface area (Å²) in [6.45, 7) is 7.31. The van der Waals surface area contributed by atoms with Crippen molar-refractivity contribution in [2.24, 2.45) is 5.92 Å². The van der Waals surface area contributed by atoms with E-state index in [9.17, 15) is 4.79 Å². The monoisotopic (exact) mass is 300 g/mol. The molecule has 3 rings (SSSR count). The molecule has 0 radical (unpaired) electrons. The van der Waals surface area contributed by atoms with Gasteiger partial charge in [-0.15, -0.1) is 0 Å². The number of rotatable bonds is 5. The maximum atomic E-state index is 12.9. The third-order valence-electron chi connectivity index (χ3n) is 5.44. The first kappa shape index (κ1) is 15.5. The van der Waals surface area contributed by atoms with Crippen molar-refractivity contribution in [3.05, 3.63) is 35.4 Å². The van der Waals surface area contributed by atoms with Crippen LogP contribution in [0.1, 0.15) is 56.6 Å². The van der Waals surface area contributed by atoms with Gasteiger partial charge in [0, 0.05) is 25.6 Å². The summed E-state index contributed by atoms with van der Waals surface area (Å²) < 4.78 is 0. The number of amides is 1. The number of carbonyl (C=O) groups is 1. The van der Waals surface area contributed by atoms with Crippen molar-refractivity contribution in [1.29, 1.82) is 0 Å². The highest BCUT2D eigenvalue weighted by Gasteiger charge is 2.42. The lowest BCUT2D eigenvalue weighted by atomic mass is 9.77. The van der Waals surface area contributed by atoms with Crippen LogP contribution in [0, 0.1) is 5.92 Å². The Bertz CT molecular complexity index is 511. The van der Waals surface area contributed by atoms with E-state index in [1.165, 1.54) is 11.1 Å². The van der Waals surface area contributed by atoms with E-state index in [2.05, 4.69) is 48.7 Å². The van der Waals surface area contributed by atoms with Gasteiger partial charge in [0.1, 0.15) is 0 Å². The fraction of sp³-hybridized carbons (Fsp3) is 0.632. The molecule has 1 heterocycles. The number of hydrogen-bond donors (Lipinski definition) is 2. The summed E-state index contributed by atoms with van der Waals surface area (Å²) in [7, 11) is 0. The summed E-state index contributed by atoms with van der Waals surface area (Å²) in [6, 6.07) is 8.77. The van der Waals surface area contributed by atoms with Crippen molar-refractivity contribution in [2.75, 3.05) is 19.6 Å². The third-order valence-corrected chi connectivity index (χ3v) is 5.44. The first-order valence-corrected chi connectivity index (χ1v) is 8.71. The summed E-state index contributed by atoms with van der Waals surface area (Å²) >= 11 is 0. The number of nitrogens with one attached hydrogen (secondary N) is 2. The van der Waals surface area contributed by atoms with Crippen LogP contribution in [0.5, 0.6) is 0 Å². The van der Waals surface area contributed by atoms with Crippen molar-refractivity contribution in [2.45, 2.75) is 50.9 Å². The molecular weight excluding hydrogens is 272 g/mol. The molecule has 1 aliphatic carbocycles. The number of carbonyl (C=O) groups excluding carboxylic acids is 1. The maximum Gasteiger partial charge on any atom is 0.230 e. The Labute approximate surface area is 133 Å². The molecule has 1 saturated carbocycles. The lowest BCUT2D eigenvalue weighted by molar-refractivity contribution is -0.126. The van der Waals surface area contributed by atoms with Crippen molar-refractivity contribution >= 4 is 5.91 Å². The summed E-state index contributed by atoms with van der Waals surface area (Å²) in [6.07, 6.45) is 4.29. The molecule has 0 atom stereocenters. The molecule has 1 aliphatic heterocycles. The molecular formula is C19H28N2O. The van der Waals surface area contributed by atoms with Crippen LogP contribution in [0.25, 0.3) is 0 Å². The normalized spacial score (nSPS) is 20.9. The van der Waals surface area contributed by atoms with Crippen LogP contribution in [0.4, 0.5) is 0 Å². The van der Waals surface area contributed by atoms with Crippen LogP contribution in [-0.4, -0.2) is 25.5 Å². The fourth-order valence-corrected chi connectivity index (χ4v) is 3.71. The van der Waals surface area contributed by atoms with Gasteiger partial charge in [-0.05, 0) is 29.9 Å². The van der Waals surface area contributed by atoms with E-state index in [0.717, 1.165) is 45.3 Å². The molecule has 3 nitrogen and oxygen atoms in total. The van der Waals surface area contributed by atoms with E-state index in [0.29, 0.717) is 11.8 Å². The van der Waals surface area contributed by atoms with Gasteiger partial charge in [-0.25, -0.2) is 0 Å². The second-order valence-electron chi connectivity index (χ2n) is 7.30. The topological polar surface area (TPSA) is 41.1 Å². The van der Waals surface area contributed by atoms with Crippen LogP contribution >= 0.6 is 0 Å². The van der Waals surface area contributed by atoms with Gasteiger partial charge in [0.25, 0.3) is 0 Å². The molecule has 0 bridgehead atoms. The molecule has 120 valence electrons. The first-order chi connectivity index (χ1) is 10.6. The van der Waals surface area contributed by atoms with Crippen LogP contribution in [0.15, 0.2) is 24.3 Å². The average molecular weight is 300 g/mol. The molecule has 0 spiro atoms. The largest absolute Gasteiger partial charge is 0.355 e. The zero-order valence-electron chi connectivity index (χ0n) is 13.8. The van der Waals surface area contributed by atoms with Gasteiger partial charge >= 0.3 is 0 Å². The number of benzene rings is 1. The van der Waals surface area contributed by atoms with Crippen molar-refractivity contribution in [3.63, 3.8) is 0 Å². The van der Waals surface area contributed by atoms with Gasteiger partial charge in [-0.1, -0.05) is 51.0 Å². The maximum absolute atomic E-state index is 12.9. The van der Waals surface area contributed by atoms with Gasteiger partial charge < -0.3 is 10.6 Å². The van der Waals surface area contributed by atoms with Crippen LogP contribution in [0.3, 0.4) is 0 Å². The molecule has 2 aliphatic rings. The average Bonchev–Trinajstić information content (AvgIpc) is 2.96. The minimum Gasteiger partial charge on any atom is -0.355 e. The van der Waals surface area contributed by atoms with E-state index in [1.807, 2.05) is 0 Å². The zero-order valence-corrected chi connectivity index (χ0v) is 13.8. The van der Waals surface area contributed by atoms with Gasteiger partial charge in [-0.3, -0.25) is 4.79 Å². The Kier molecular flexibility index (Phi) is 4.53. The van der Waals surface area contributed by atoms with E-state index >= 15 is 0 Å². The zero-order chi connectivity index (χ0) is 15.6. The second kappa shape index (κ2) is 6.41. The van der Waals surface area contributed by atoms with Crippen molar-refractivity contribution < 1.29 is 4.79 Å². The highest BCUT2D eigenvalue weighted by atomic mass is 16.2. The van der Waals surface area contributed by atoms with Gasteiger partial charge in [0.05, 0.1) is 5.41 Å². The van der Waals surface area contributed by atoms with E-state index in [4.69, 9.17) is 0 Å². The molecule has 22 heavy (non-hydrogen) atoms. The lowest BCUT2D eigenvalue weighted by Crippen LogP contribution is -2.51. The summed E-state index contributed by atoms with van der Waals surface area (Å²) in [5.74, 6) is 1.40. The van der Waals surface area contributed by atoms with Crippen LogP contribution in [-0.2, 0) is 10.2 Å². The summed E-state index contributed by atoms with van der Waals surface area (Å²) in [4.78, 5) is 12.9. The van der Waals surface area contributed by atoms with Gasteiger partial charge in [-0.2, -0.15) is 0 Å². The van der Waals surface area contributed by atoms with Crippen LogP contribution < -0.4 is 10.6 Å². The van der Waals surface area contributed by atoms with Crippen LogP contribution in [0.2, 0.25) is 0 Å². The predicted octanol–water partition coefficient (Wildman–Crippen LogP) is 2.96. The first-order valence-electron chi connectivity index (χ1n) is 8.71. The smallest absolute Gasteiger partial charge is 0.230 e. The molecule has 2 fully saturated rings. The molecule has 3 heteroatoms. The highest BCUT2D eigenvalue weighted by molar-refractivity contribution is 5.88. The molecule has 1 amide bonds. The predicted molar refractivity (Wildman–Crippen MR) is 90.0 cm³/mol. The third kappa shape index (κ3) is 2.91. The Morgan fingerprint density at radius 3 is 2.36 bits per heavy atom. The summed E-state index contributed by atoms with van der Waals surface area (Å²) in [5.41, 5.74) is 2.27. The molecule has 0 aromatic heterocycles. The molecule has 1 aromatic carbocycles. The highest BCUT2D eigenvalue weighted by Crippen LogP contribution is 2.41. The molecule has 1 aromatic rings. The minimum atomic E-state index is -0.285. The fourth-order valence-electron chi connectivity index (χ4n) is 3.71. The molecule has 0 unspecified atom stereocenters. The Hall–Kier alpha value is -1.35. The summed E-state index contributed by atoms with van der Waals surface area (Å²) in [5, 5.41) is 6.49. The Morgan fingerprint density at radius 2 is 1.86 bits per heavy atom. The molecule has 1 saturated heterocycles. The molecule has 2 N–H and O–H groups in total. The van der Waals surface area contributed by atoms with Gasteiger partial charge in [0.15, 0.2) is 0 Å². The van der Waals surface area contributed by atoms with Crippen molar-refractivity contribution in [3.8, 4) is 0 Å². The minimum absolute atomic E-state index is 0.245. The van der Waals surface area contributed by atoms with E-state index in [-0.39, 0.29) is 11.3 Å². The Balaban J connectivity index is 1.76. The second-order valence-corrected chi connectivity index (χ2v) is 7.30. The van der Waals surface area contributed by atoms with Gasteiger partial charge in [0.2, 0.25) is 5.91 Å². The SMILES string of the molecule is CC(C)c1ccc(C2(C(=O)NCC3CNC3)CCCC2)cc1. The van der Waals surface area contributed by atoms with E-state index < -0.39 is 0 Å². The number of hydrogen-bond acceptors (Lipinski definition) is 2. The van der Waals surface area contributed by atoms with Crippen molar-refractivity contribution in [1.82, 2.24) is 10.6 Å². The van der Waals surface area contributed by atoms with E-state index in [1.54, 1.807) is 0 Å². The lowest BCUT2D eigenvalue weighted by Gasteiger charge is -2.32. The Morgan fingerprint density at radius 1 is 1.23 bits per heavy atom. The quantitative estimate of drug-likeness (QED) is 0.878.